The van der Waals surface area contributed by atoms with E-state index in [0.29, 0.717) is 5.02 Å². The molecule has 1 amide bonds. The highest BCUT2D eigenvalue weighted by Gasteiger charge is 2.14. The molecule has 0 aliphatic rings. The number of amides is 1. The number of aromatic nitrogens is 2. The standard InChI is InChI=1S/C18H14ClF2N3O3/c1-26-15-7-4-13(8-16(15)27-18(20)21)23-17(25)11-9-22-24(10-11)14-5-2-12(19)3-6-14/h2-10,18H,1H3,(H,23,25). The van der Waals surface area contributed by atoms with Gasteiger partial charge in [0.15, 0.2) is 11.5 Å². The first-order valence-corrected chi connectivity index (χ1v) is 8.09. The molecule has 3 rings (SSSR count). The van der Waals surface area contributed by atoms with Crippen molar-refractivity contribution < 1.29 is 23.0 Å². The van der Waals surface area contributed by atoms with E-state index in [1.807, 2.05) is 0 Å². The van der Waals surface area contributed by atoms with Crippen LogP contribution in [0, 0.1) is 0 Å². The van der Waals surface area contributed by atoms with Crippen molar-refractivity contribution in [2.75, 3.05) is 12.4 Å². The first kappa shape index (κ1) is 18.7. The number of nitrogens with one attached hydrogen (secondary N) is 1. The average molecular weight is 394 g/mol. The Bertz CT molecular complexity index is 945. The number of alkyl halides is 2. The zero-order valence-electron chi connectivity index (χ0n) is 14.0. The molecule has 0 saturated heterocycles. The molecule has 6 nitrogen and oxygen atoms in total. The second kappa shape index (κ2) is 8.05. The molecule has 1 N–H and O–H groups in total. The van der Waals surface area contributed by atoms with Crippen LogP contribution in [0.3, 0.4) is 0 Å². The lowest BCUT2D eigenvalue weighted by atomic mass is 10.2. The van der Waals surface area contributed by atoms with Gasteiger partial charge in [-0.3, -0.25) is 4.79 Å². The SMILES string of the molecule is COc1ccc(NC(=O)c2cnn(-c3ccc(Cl)cc3)c2)cc1OC(F)F. The van der Waals surface area contributed by atoms with Gasteiger partial charge in [0.05, 0.1) is 24.6 Å². The van der Waals surface area contributed by atoms with Crippen molar-refractivity contribution in [3.05, 3.63) is 65.4 Å². The summed E-state index contributed by atoms with van der Waals surface area (Å²) in [6, 6.07) is 11.1. The molecule has 0 radical (unpaired) electrons. The molecule has 0 atom stereocenters. The summed E-state index contributed by atoms with van der Waals surface area (Å²) >= 11 is 5.85. The van der Waals surface area contributed by atoms with Gasteiger partial charge in [-0.2, -0.15) is 13.9 Å². The van der Waals surface area contributed by atoms with Crippen molar-refractivity contribution in [2.24, 2.45) is 0 Å². The van der Waals surface area contributed by atoms with E-state index in [-0.39, 0.29) is 22.7 Å². The van der Waals surface area contributed by atoms with Crippen LogP contribution < -0.4 is 14.8 Å². The zero-order valence-corrected chi connectivity index (χ0v) is 14.8. The minimum absolute atomic E-state index is 0.129. The van der Waals surface area contributed by atoms with Crippen LogP contribution in [0.4, 0.5) is 14.5 Å². The van der Waals surface area contributed by atoms with E-state index in [0.717, 1.165) is 5.69 Å². The fourth-order valence-electron chi connectivity index (χ4n) is 2.32. The van der Waals surface area contributed by atoms with E-state index in [4.69, 9.17) is 16.3 Å². The second-order valence-electron chi connectivity index (χ2n) is 5.35. The van der Waals surface area contributed by atoms with Gasteiger partial charge in [-0.1, -0.05) is 11.6 Å². The maximum absolute atomic E-state index is 12.5. The van der Waals surface area contributed by atoms with Crippen molar-refractivity contribution in [1.29, 1.82) is 0 Å². The maximum Gasteiger partial charge on any atom is 0.387 e. The van der Waals surface area contributed by atoms with Gasteiger partial charge >= 0.3 is 6.61 Å². The van der Waals surface area contributed by atoms with Gasteiger partial charge < -0.3 is 14.8 Å². The smallest absolute Gasteiger partial charge is 0.387 e. The first-order chi connectivity index (χ1) is 13.0. The normalized spacial score (nSPS) is 10.7. The number of anilines is 1. The number of nitrogens with zero attached hydrogens (tertiary/aromatic N) is 2. The average Bonchev–Trinajstić information content (AvgIpc) is 3.12. The summed E-state index contributed by atoms with van der Waals surface area (Å²) in [5, 5.41) is 7.32. The van der Waals surface area contributed by atoms with Crippen LogP contribution in [0.25, 0.3) is 5.69 Å². The summed E-state index contributed by atoms with van der Waals surface area (Å²) < 4.78 is 35.9. The third kappa shape index (κ3) is 4.53. The van der Waals surface area contributed by atoms with Crippen molar-refractivity contribution in [3.8, 4) is 17.2 Å². The monoisotopic (exact) mass is 393 g/mol. The van der Waals surface area contributed by atoms with Gasteiger partial charge in [-0.25, -0.2) is 4.68 Å². The van der Waals surface area contributed by atoms with Crippen LogP contribution in [0.15, 0.2) is 54.9 Å². The number of benzene rings is 2. The topological polar surface area (TPSA) is 65.4 Å². The van der Waals surface area contributed by atoms with E-state index >= 15 is 0 Å². The predicted octanol–water partition coefficient (Wildman–Crippen LogP) is 4.39. The van der Waals surface area contributed by atoms with Gasteiger partial charge in [0, 0.05) is 23.0 Å². The molecule has 9 heteroatoms. The molecule has 140 valence electrons. The highest BCUT2D eigenvalue weighted by Crippen LogP contribution is 2.31. The molecular weight excluding hydrogens is 380 g/mol. The molecule has 3 aromatic rings. The summed E-state index contributed by atoms with van der Waals surface area (Å²) in [7, 11) is 1.33. The minimum atomic E-state index is -3.01. The highest BCUT2D eigenvalue weighted by molar-refractivity contribution is 6.30. The van der Waals surface area contributed by atoms with Crippen LogP contribution in [-0.2, 0) is 0 Å². The highest BCUT2D eigenvalue weighted by atomic mass is 35.5. The van der Waals surface area contributed by atoms with E-state index in [1.165, 1.54) is 36.2 Å². The molecular formula is C18H14ClF2N3O3. The van der Waals surface area contributed by atoms with E-state index in [1.54, 1.807) is 30.5 Å². The molecule has 0 spiro atoms. The third-order valence-corrected chi connectivity index (χ3v) is 3.83. The molecule has 0 aliphatic carbocycles. The minimum Gasteiger partial charge on any atom is -0.493 e. The summed E-state index contributed by atoms with van der Waals surface area (Å²) in [6.07, 6.45) is 2.93. The summed E-state index contributed by atoms with van der Waals surface area (Å²) in [4.78, 5) is 12.4. The summed E-state index contributed by atoms with van der Waals surface area (Å²) in [5.74, 6) is -0.505. The zero-order chi connectivity index (χ0) is 19.4. The second-order valence-corrected chi connectivity index (χ2v) is 5.78. The Morgan fingerprint density at radius 1 is 1.19 bits per heavy atom. The summed E-state index contributed by atoms with van der Waals surface area (Å²) in [6.45, 7) is -3.01. The van der Waals surface area contributed by atoms with Crippen LogP contribution in [0.5, 0.6) is 11.5 Å². The van der Waals surface area contributed by atoms with Gasteiger partial charge in [0.1, 0.15) is 0 Å². The molecule has 0 bridgehead atoms. The Kier molecular flexibility index (Phi) is 5.56. The molecule has 1 heterocycles. The van der Waals surface area contributed by atoms with Crippen molar-refractivity contribution in [1.82, 2.24) is 9.78 Å². The number of methoxy groups -OCH3 is 1. The molecule has 2 aromatic carbocycles. The van der Waals surface area contributed by atoms with Gasteiger partial charge in [-0.05, 0) is 36.4 Å². The van der Waals surface area contributed by atoms with E-state index in [2.05, 4.69) is 15.2 Å². The molecule has 0 fully saturated rings. The quantitative estimate of drug-likeness (QED) is 0.674. The lowest BCUT2D eigenvalue weighted by Crippen LogP contribution is -2.11. The Morgan fingerprint density at radius 3 is 2.59 bits per heavy atom. The number of halogens is 3. The molecule has 0 aliphatic heterocycles. The number of carbonyl (C=O) groups excluding carboxylic acids is 1. The lowest BCUT2D eigenvalue weighted by molar-refractivity contribution is -0.0511. The van der Waals surface area contributed by atoms with E-state index in [9.17, 15) is 13.6 Å². The van der Waals surface area contributed by atoms with Crippen LogP contribution in [0.1, 0.15) is 10.4 Å². The number of rotatable bonds is 6. The maximum atomic E-state index is 12.5. The number of hydrogen-bond donors (Lipinski definition) is 1. The third-order valence-electron chi connectivity index (χ3n) is 3.57. The van der Waals surface area contributed by atoms with Crippen molar-refractivity contribution in [2.45, 2.75) is 6.61 Å². The van der Waals surface area contributed by atoms with Crippen molar-refractivity contribution in [3.63, 3.8) is 0 Å². The Morgan fingerprint density at radius 2 is 1.93 bits per heavy atom. The summed E-state index contributed by atoms with van der Waals surface area (Å²) in [5.41, 5.74) is 1.29. The van der Waals surface area contributed by atoms with Crippen LogP contribution >= 0.6 is 11.6 Å². The molecule has 0 saturated carbocycles. The van der Waals surface area contributed by atoms with Gasteiger partial charge in [-0.15, -0.1) is 0 Å². The fraction of sp³-hybridized carbons (Fsp3) is 0.111. The lowest BCUT2D eigenvalue weighted by Gasteiger charge is -2.12. The van der Waals surface area contributed by atoms with Gasteiger partial charge in [0.25, 0.3) is 5.91 Å². The number of carbonyl (C=O) groups is 1. The number of hydrogen-bond acceptors (Lipinski definition) is 4. The van der Waals surface area contributed by atoms with Crippen LogP contribution in [-0.4, -0.2) is 29.4 Å². The van der Waals surface area contributed by atoms with E-state index < -0.39 is 12.5 Å². The van der Waals surface area contributed by atoms with Crippen LogP contribution in [0.2, 0.25) is 5.02 Å². The first-order valence-electron chi connectivity index (χ1n) is 7.71. The Labute approximate surface area is 158 Å². The fourth-order valence-corrected chi connectivity index (χ4v) is 2.45. The molecule has 1 aromatic heterocycles. The van der Waals surface area contributed by atoms with Gasteiger partial charge in [0.2, 0.25) is 0 Å². The Balaban J connectivity index is 1.76. The Hall–Kier alpha value is -3.13. The number of ether oxygens (including phenoxy) is 2. The molecule has 0 unspecified atom stereocenters. The predicted molar refractivity (Wildman–Crippen MR) is 96.2 cm³/mol. The molecule has 27 heavy (non-hydrogen) atoms. The largest absolute Gasteiger partial charge is 0.493 e. The van der Waals surface area contributed by atoms with Crippen molar-refractivity contribution >= 4 is 23.2 Å².